The molecule has 0 radical (unpaired) electrons. The van der Waals surface area contributed by atoms with Gasteiger partial charge < -0.3 is 10.0 Å². The van der Waals surface area contributed by atoms with Crippen LogP contribution in [0.4, 0.5) is 24.0 Å². The van der Waals surface area contributed by atoms with Crippen LogP contribution in [0.15, 0.2) is 48.5 Å². The molecule has 0 saturated heterocycles. The second-order valence-electron chi connectivity index (χ2n) is 6.01. The first-order chi connectivity index (χ1) is 12.2. The maximum Gasteiger partial charge on any atom is 0.416 e. The van der Waals surface area contributed by atoms with Crippen LogP contribution in [0.3, 0.4) is 0 Å². The molecule has 3 aromatic rings. The van der Waals surface area contributed by atoms with Gasteiger partial charge in [0.1, 0.15) is 0 Å². The third kappa shape index (κ3) is 3.99. The van der Waals surface area contributed by atoms with Crippen molar-refractivity contribution in [3.8, 4) is 5.88 Å². The molecule has 0 atom stereocenters. The molecule has 0 bridgehead atoms. The van der Waals surface area contributed by atoms with Crippen LogP contribution in [0.2, 0.25) is 0 Å². The molecule has 0 amide bonds. The summed E-state index contributed by atoms with van der Waals surface area (Å²) < 4.78 is 38.5. The summed E-state index contributed by atoms with van der Waals surface area (Å²) in [5, 5.41) is 10.7. The van der Waals surface area contributed by atoms with E-state index in [-0.39, 0.29) is 12.3 Å². The monoisotopic (exact) mass is 378 g/mol. The van der Waals surface area contributed by atoms with Crippen molar-refractivity contribution in [3.63, 3.8) is 0 Å². The van der Waals surface area contributed by atoms with Gasteiger partial charge in [-0.1, -0.05) is 47.2 Å². The lowest BCUT2D eigenvalue weighted by atomic mass is 10.1. The Kier molecular flexibility index (Phi) is 4.91. The maximum atomic E-state index is 12.8. The minimum atomic E-state index is -4.39. The number of anilines is 2. The van der Waals surface area contributed by atoms with E-state index in [1.165, 1.54) is 17.4 Å². The normalized spacial score (nSPS) is 11.6. The van der Waals surface area contributed by atoms with E-state index in [9.17, 15) is 18.3 Å². The summed E-state index contributed by atoms with van der Waals surface area (Å²) in [7, 11) is 1.83. The smallest absolute Gasteiger partial charge is 0.416 e. The van der Waals surface area contributed by atoms with E-state index in [2.05, 4.69) is 4.98 Å². The van der Waals surface area contributed by atoms with Crippen LogP contribution in [0.1, 0.15) is 21.6 Å². The molecule has 0 saturated carbocycles. The molecule has 136 valence electrons. The van der Waals surface area contributed by atoms with Crippen molar-refractivity contribution in [1.82, 2.24) is 4.98 Å². The number of nitrogens with zero attached hydrogens (tertiary/aromatic N) is 2. The fraction of sp³-hybridized carbons (Fsp3) is 0.211. The summed E-state index contributed by atoms with van der Waals surface area (Å²) in [5.74, 6) is -0.152. The van der Waals surface area contributed by atoms with Crippen LogP contribution in [-0.2, 0) is 12.6 Å². The van der Waals surface area contributed by atoms with Gasteiger partial charge in [0.25, 0.3) is 0 Å². The molecular formula is C19H17F3N2OS. The summed E-state index contributed by atoms with van der Waals surface area (Å²) in [4.78, 5) is 6.51. The Morgan fingerprint density at radius 1 is 1.12 bits per heavy atom. The molecule has 1 aromatic heterocycles. The molecule has 1 N–H and O–H groups in total. The van der Waals surface area contributed by atoms with Gasteiger partial charge in [-0.3, -0.25) is 0 Å². The van der Waals surface area contributed by atoms with E-state index in [0.717, 1.165) is 23.4 Å². The fourth-order valence-corrected chi connectivity index (χ4v) is 3.48. The highest BCUT2D eigenvalue weighted by Crippen LogP contribution is 2.36. The van der Waals surface area contributed by atoms with Gasteiger partial charge >= 0.3 is 6.18 Å². The Morgan fingerprint density at radius 3 is 2.46 bits per heavy atom. The molecular weight excluding hydrogens is 361 g/mol. The van der Waals surface area contributed by atoms with Crippen LogP contribution >= 0.6 is 11.3 Å². The first-order valence-electron chi connectivity index (χ1n) is 7.89. The molecule has 0 aliphatic heterocycles. The van der Waals surface area contributed by atoms with E-state index in [1.807, 2.05) is 43.1 Å². The zero-order valence-electron chi connectivity index (χ0n) is 14.2. The van der Waals surface area contributed by atoms with Crippen molar-refractivity contribution in [2.75, 3.05) is 11.9 Å². The highest BCUT2D eigenvalue weighted by atomic mass is 32.1. The van der Waals surface area contributed by atoms with Gasteiger partial charge in [0.2, 0.25) is 5.88 Å². The molecule has 3 nitrogen and oxygen atoms in total. The van der Waals surface area contributed by atoms with Crippen LogP contribution in [0.25, 0.3) is 0 Å². The number of rotatable bonds is 4. The lowest BCUT2D eigenvalue weighted by molar-refractivity contribution is -0.137. The van der Waals surface area contributed by atoms with Crippen molar-refractivity contribution >= 4 is 22.2 Å². The van der Waals surface area contributed by atoms with Gasteiger partial charge in [-0.2, -0.15) is 18.2 Å². The van der Waals surface area contributed by atoms with Crippen LogP contribution < -0.4 is 4.90 Å². The highest BCUT2D eigenvalue weighted by molar-refractivity contribution is 7.16. The predicted molar refractivity (Wildman–Crippen MR) is 97.3 cm³/mol. The van der Waals surface area contributed by atoms with Crippen molar-refractivity contribution in [2.24, 2.45) is 0 Å². The number of hydrogen-bond acceptors (Lipinski definition) is 4. The van der Waals surface area contributed by atoms with E-state index in [4.69, 9.17) is 0 Å². The van der Waals surface area contributed by atoms with Crippen LogP contribution in [-0.4, -0.2) is 17.1 Å². The summed E-state index contributed by atoms with van der Waals surface area (Å²) in [6.45, 7) is 1.99. The lowest BCUT2D eigenvalue weighted by Crippen LogP contribution is -2.08. The van der Waals surface area contributed by atoms with E-state index in [1.54, 1.807) is 6.07 Å². The first-order valence-corrected chi connectivity index (χ1v) is 8.71. The molecule has 0 aliphatic carbocycles. The van der Waals surface area contributed by atoms with Gasteiger partial charge in [0.15, 0.2) is 5.13 Å². The van der Waals surface area contributed by atoms with Crippen LogP contribution in [0, 0.1) is 6.92 Å². The van der Waals surface area contributed by atoms with E-state index >= 15 is 0 Å². The molecule has 0 aliphatic rings. The molecule has 0 spiro atoms. The van der Waals surface area contributed by atoms with E-state index < -0.39 is 11.7 Å². The van der Waals surface area contributed by atoms with Crippen molar-refractivity contribution < 1.29 is 18.3 Å². The van der Waals surface area contributed by atoms with Gasteiger partial charge in [0, 0.05) is 19.2 Å². The summed E-state index contributed by atoms with van der Waals surface area (Å²) in [6.07, 6.45) is -4.20. The largest absolute Gasteiger partial charge is 0.492 e. The molecule has 26 heavy (non-hydrogen) atoms. The van der Waals surface area contributed by atoms with Gasteiger partial charge in [-0.15, -0.1) is 0 Å². The number of thiazole rings is 1. The predicted octanol–water partition coefficient (Wildman–Crippen LogP) is 5.53. The topological polar surface area (TPSA) is 36.4 Å². The van der Waals surface area contributed by atoms with Crippen LogP contribution in [0.5, 0.6) is 5.88 Å². The standard InChI is InChI=1S/C19H17F3N2OS/c1-12-6-8-15(9-7-12)24(2)18-23-17(25)16(26-18)11-13-4-3-5-14(10-13)19(20,21)22/h3-10,25H,11H2,1-2H3. The average Bonchev–Trinajstić information content (AvgIpc) is 2.95. The number of halogens is 3. The van der Waals surface area contributed by atoms with Gasteiger partial charge in [-0.05, 0) is 30.7 Å². The Bertz CT molecular complexity index is 904. The second kappa shape index (κ2) is 6.99. The Labute approximate surface area is 153 Å². The van der Waals surface area contributed by atoms with Crippen molar-refractivity contribution in [1.29, 1.82) is 0 Å². The lowest BCUT2D eigenvalue weighted by Gasteiger charge is -2.15. The summed E-state index contributed by atoms with van der Waals surface area (Å²) >= 11 is 1.26. The molecule has 7 heteroatoms. The molecule has 3 rings (SSSR count). The molecule has 1 heterocycles. The number of aryl methyl sites for hydroxylation is 1. The average molecular weight is 378 g/mol. The summed E-state index contributed by atoms with van der Waals surface area (Å²) in [5.41, 5.74) is 1.82. The fourth-order valence-electron chi connectivity index (χ4n) is 2.51. The molecule has 0 fully saturated rings. The Balaban J connectivity index is 1.83. The Morgan fingerprint density at radius 2 is 1.81 bits per heavy atom. The maximum absolute atomic E-state index is 12.8. The number of hydrogen-bond donors (Lipinski definition) is 1. The highest BCUT2D eigenvalue weighted by Gasteiger charge is 2.30. The van der Waals surface area contributed by atoms with E-state index in [0.29, 0.717) is 15.6 Å². The first kappa shape index (κ1) is 18.3. The minimum Gasteiger partial charge on any atom is -0.492 e. The number of aromatic hydroxyl groups is 1. The number of aromatic nitrogens is 1. The minimum absolute atomic E-state index is 0.152. The number of benzene rings is 2. The zero-order valence-corrected chi connectivity index (χ0v) is 15.0. The quantitative estimate of drug-likeness (QED) is 0.648. The third-order valence-corrected chi connectivity index (χ3v) is 5.11. The number of alkyl halides is 3. The van der Waals surface area contributed by atoms with Gasteiger partial charge in [-0.25, -0.2) is 0 Å². The van der Waals surface area contributed by atoms with Crippen molar-refractivity contribution in [2.45, 2.75) is 19.5 Å². The van der Waals surface area contributed by atoms with Gasteiger partial charge in [0.05, 0.1) is 10.4 Å². The second-order valence-corrected chi connectivity index (χ2v) is 7.07. The SMILES string of the molecule is Cc1ccc(N(C)c2nc(O)c(Cc3cccc(C(F)(F)F)c3)s2)cc1. The Hall–Kier alpha value is -2.54. The molecule has 0 unspecified atom stereocenters. The summed E-state index contributed by atoms with van der Waals surface area (Å²) in [6, 6.07) is 13.0. The van der Waals surface area contributed by atoms with Crippen molar-refractivity contribution in [3.05, 3.63) is 70.1 Å². The third-order valence-electron chi connectivity index (χ3n) is 3.99. The molecule has 2 aromatic carbocycles. The zero-order chi connectivity index (χ0) is 18.9.